The summed E-state index contributed by atoms with van der Waals surface area (Å²) in [5, 5.41) is 11.5. The normalized spacial score (nSPS) is 11.1. The minimum absolute atomic E-state index is 0.433. The average molecular weight is 403 g/mol. The van der Waals surface area contributed by atoms with E-state index in [0.717, 1.165) is 21.3 Å². The fourth-order valence-corrected chi connectivity index (χ4v) is 2.80. The zero-order chi connectivity index (χ0) is 16.9. The lowest BCUT2D eigenvalue weighted by Gasteiger charge is -2.04. The monoisotopic (exact) mass is 402 g/mol. The Balaban J connectivity index is 1.92. The van der Waals surface area contributed by atoms with Crippen LogP contribution in [0.4, 0.5) is 0 Å². The van der Waals surface area contributed by atoms with Gasteiger partial charge in [-0.2, -0.15) is 14.9 Å². The third-order valence-electron chi connectivity index (χ3n) is 3.28. The topological polar surface area (TPSA) is 55.2 Å². The predicted octanol–water partition coefficient (Wildman–Crippen LogP) is 4.65. The molecule has 0 bridgehead atoms. The number of benzene rings is 2. The Kier molecular flexibility index (Phi) is 5.22. The molecule has 0 unspecified atom stereocenters. The van der Waals surface area contributed by atoms with Crippen molar-refractivity contribution in [2.45, 2.75) is 6.92 Å². The van der Waals surface area contributed by atoms with Gasteiger partial charge in [0.05, 0.1) is 12.8 Å². The molecular weight excluding hydrogens is 388 g/mol. The lowest BCUT2D eigenvalue weighted by atomic mass is 10.2. The summed E-state index contributed by atoms with van der Waals surface area (Å²) in [4.78, 5) is 0. The molecule has 1 heterocycles. The molecule has 1 N–H and O–H groups in total. The van der Waals surface area contributed by atoms with Crippen molar-refractivity contribution in [3.05, 3.63) is 63.3 Å². The highest BCUT2D eigenvalue weighted by atomic mass is 79.9. The molecule has 0 atom stereocenters. The van der Waals surface area contributed by atoms with E-state index in [1.807, 2.05) is 55.5 Å². The highest BCUT2D eigenvalue weighted by molar-refractivity contribution is 9.10. The molecule has 0 aliphatic carbocycles. The number of H-pyrrole nitrogens is 1. The first-order valence-electron chi connectivity index (χ1n) is 7.38. The van der Waals surface area contributed by atoms with Crippen molar-refractivity contribution in [3.8, 4) is 17.1 Å². The Morgan fingerprint density at radius 3 is 2.71 bits per heavy atom. The molecule has 2 aromatic carbocycles. The van der Waals surface area contributed by atoms with Crippen LogP contribution in [0.1, 0.15) is 12.5 Å². The number of aromatic nitrogens is 3. The molecule has 122 valence electrons. The van der Waals surface area contributed by atoms with E-state index >= 15 is 0 Å². The molecular formula is C17H15BrN4OS. The van der Waals surface area contributed by atoms with Gasteiger partial charge in [0.2, 0.25) is 4.77 Å². The maximum Gasteiger partial charge on any atom is 0.216 e. The molecule has 0 spiro atoms. The number of ether oxygens (including phenoxy) is 1. The Hall–Kier alpha value is -2.25. The molecule has 1 aromatic heterocycles. The van der Waals surface area contributed by atoms with E-state index in [0.29, 0.717) is 17.2 Å². The molecule has 3 aromatic rings. The van der Waals surface area contributed by atoms with Crippen molar-refractivity contribution in [1.29, 1.82) is 0 Å². The van der Waals surface area contributed by atoms with E-state index in [4.69, 9.17) is 17.0 Å². The molecule has 0 fully saturated rings. The standard InChI is InChI=1S/C17H15BrN4OS/c1-2-23-13-9-7-12(8-10-13)11-19-22-16(20-21-17(22)24)14-5-3-4-6-15(14)18/h3-11H,2H2,1H3,(H,21,24)/b19-11+. The van der Waals surface area contributed by atoms with E-state index in [2.05, 4.69) is 31.2 Å². The van der Waals surface area contributed by atoms with E-state index < -0.39 is 0 Å². The smallest absolute Gasteiger partial charge is 0.216 e. The van der Waals surface area contributed by atoms with E-state index in [9.17, 15) is 0 Å². The first-order valence-corrected chi connectivity index (χ1v) is 8.58. The molecule has 3 rings (SSSR count). The van der Waals surface area contributed by atoms with Crippen molar-refractivity contribution >= 4 is 34.4 Å². The number of halogens is 1. The molecule has 7 heteroatoms. The number of nitrogens with one attached hydrogen (secondary N) is 1. The van der Waals surface area contributed by atoms with Crippen LogP contribution in [0.2, 0.25) is 0 Å². The van der Waals surface area contributed by atoms with Crippen LogP contribution in [0.3, 0.4) is 0 Å². The Labute approximate surface area is 153 Å². The SMILES string of the molecule is CCOc1ccc(/C=N/n2c(-c3ccccc3Br)n[nH]c2=S)cc1. The molecule has 0 amide bonds. The summed E-state index contributed by atoms with van der Waals surface area (Å²) < 4.78 is 8.40. The third-order valence-corrected chi connectivity index (χ3v) is 4.23. The summed E-state index contributed by atoms with van der Waals surface area (Å²) in [5.41, 5.74) is 1.85. The molecule has 0 saturated heterocycles. The Morgan fingerprint density at radius 2 is 2.00 bits per heavy atom. The number of rotatable bonds is 5. The highest BCUT2D eigenvalue weighted by Crippen LogP contribution is 2.26. The summed E-state index contributed by atoms with van der Waals surface area (Å²) in [6.07, 6.45) is 1.74. The van der Waals surface area contributed by atoms with E-state index in [1.54, 1.807) is 10.9 Å². The molecule has 0 aliphatic heterocycles. The Morgan fingerprint density at radius 1 is 1.25 bits per heavy atom. The van der Waals surface area contributed by atoms with Gasteiger partial charge in [0.1, 0.15) is 5.75 Å². The molecule has 0 radical (unpaired) electrons. The summed E-state index contributed by atoms with van der Waals surface area (Å²) in [7, 11) is 0. The molecule has 24 heavy (non-hydrogen) atoms. The van der Waals surface area contributed by atoms with Crippen LogP contribution in [0.5, 0.6) is 5.75 Å². The van der Waals surface area contributed by atoms with Gasteiger partial charge >= 0.3 is 0 Å². The van der Waals surface area contributed by atoms with Gasteiger partial charge in [0.25, 0.3) is 0 Å². The third kappa shape index (κ3) is 3.63. The van der Waals surface area contributed by atoms with Gasteiger partial charge < -0.3 is 4.74 Å². The fourth-order valence-electron chi connectivity index (χ4n) is 2.16. The summed E-state index contributed by atoms with van der Waals surface area (Å²) in [6.45, 7) is 2.60. The second-order valence-corrected chi connectivity index (χ2v) is 6.13. The van der Waals surface area contributed by atoms with Crippen molar-refractivity contribution in [2.24, 2.45) is 5.10 Å². The lowest BCUT2D eigenvalue weighted by Crippen LogP contribution is -1.96. The first-order chi connectivity index (χ1) is 11.7. The molecule has 0 aliphatic rings. The maximum atomic E-state index is 5.43. The van der Waals surface area contributed by atoms with Crippen LogP contribution in [0, 0.1) is 4.77 Å². The van der Waals surface area contributed by atoms with Crippen LogP contribution in [-0.2, 0) is 0 Å². The fraction of sp³-hybridized carbons (Fsp3) is 0.118. The largest absolute Gasteiger partial charge is 0.494 e. The molecule has 5 nitrogen and oxygen atoms in total. The summed E-state index contributed by atoms with van der Waals surface area (Å²) in [5.74, 6) is 1.48. The number of hydrogen-bond acceptors (Lipinski definition) is 4. The van der Waals surface area contributed by atoms with Crippen LogP contribution >= 0.6 is 28.1 Å². The van der Waals surface area contributed by atoms with Crippen molar-refractivity contribution in [1.82, 2.24) is 14.9 Å². The van der Waals surface area contributed by atoms with Crippen LogP contribution in [0.15, 0.2) is 58.1 Å². The minimum atomic E-state index is 0.433. The summed E-state index contributed by atoms with van der Waals surface area (Å²) in [6, 6.07) is 15.5. The van der Waals surface area contributed by atoms with Crippen LogP contribution in [-0.4, -0.2) is 27.7 Å². The number of nitrogens with zero attached hydrogens (tertiary/aromatic N) is 3. The second-order valence-electron chi connectivity index (χ2n) is 4.89. The Bertz CT molecular complexity index is 915. The van der Waals surface area contributed by atoms with Gasteiger partial charge in [0.15, 0.2) is 5.82 Å². The van der Waals surface area contributed by atoms with Crippen LogP contribution in [0.25, 0.3) is 11.4 Å². The van der Waals surface area contributed by atoms with E-state index in [1.165, 1.54) is 0 Å². The second kappa shape index (κ2) is 7.55. The van der Waals surface area contributed by atoms with Crippen molar-refractivity contribution in [2.75, 3.05) is 6.61 Å². The number of hydrogen-bond donors (Lipinski definition) is 1. The zero-order valence-electron chi connectivity index (χ0n) is 12.9. The van der Waals surface area contributed by atoms with Crippen molar-refractivity contribution < 1.29 is 4.74 Å². The van der Waals surface area contributed by atoms with E-state index in [-0.39, 0.29) is 0 Å². The van der Waals surface area contributed by atoms with Gasteiger partial charge in [-0.05, 0) is 61.1 Å². The number of aromatic amines is 1. The quantitative estimate of drug-likeness (QED) is 0.498. The minimum Gasteiger partial charge on any atom is -0.494 e. The van der Waals surface area contributed by atoms with Crippen LogP contribution < -0.4 is 4.74 Å². The highest BCUT2D eigenvalue weighted by Gasteiger charge is 2.10. The summed E-state index contributed by atoms with van der Waals surface area (Å²) >= 11 is 8.81. The average Bonchev–Trinajstić information content (AvgIpc) is 2.96. The molecule has 0 saturated carbocycles. The maximum absolute atomic E-state index is 5.43. The van der Waals surface area contributed by atoms with Gasteiger partial charge in [0, 0.05) is 10.0 Å². The predicted molar refractivity (Wildman–Crippen MR) is 101 cm³/mol. The van der Waals surface area contributed by atoms with Gasteiger partial charge in [-0.3, -0.25) is 0 Å². The van der Waals surface area contributed by atoms with Crippen molar-refractivity contribution in [3.63, 3.8) is 0 Å². The van der Waals surface area contributed by atoms with Gasteiger partial charge in [-0.1, -0.05) is 28.1 Å². The zero-order valence-corrected chi connectivity index (χ0v) is 15.3. The van der Waals surface area contributed by atoms with Gasteiger partial charge in [-0.25, -0.2) is 5.10 Å². The first kappa shape index (κ1) is 16.6. The van der Waals surface area contributed by atoms with Gasteiger partial charge in [-0.15, -0.1) is 0 Å². The lowest BCUT2D eigenvalue weighted by molar-refractivity contribution is 0.340.